The van der Waals surface area contributed by atoms with Crippen molar-refractivity contribution in [1.82, 2.24) is 29.6 Å². The molecule has 4 rings (SSSR count). The second-order valence-electron chi connectivity index (χ2n) is 7.01. The maximum Gasteiger partial charge on any atom is 0.224 e. The molecule has 3 aromatic rings. The topological polar surface area (TPSA) is 82.9 Å². The summed E-state index contributed by atoms with van der Waals surface area (Å²) in [5.41, 5.74) is 0.962. The average molecular weight is 430 g/mol. The van der Waals surface area contributed by atoms with Gasteiger partial charge in [-0.15, -0.1) is 11.3 Å². The molecule has 0 aromatic carbocycles. The van der Waals surface area contributed by atoms with Crippen LogP contribution < -0.4 is 4.90 Å². The van der Waals surface area contributed by atoms with Crippen molar-refractivity contribution < 1.29 is 4.79 Å². The number of aromatic amines is 1. The summed E-state index contributed by atoms with van der Waals surface area (Å²) in [4.78, 5) is 26.8. The summed E-state index contributed by atoms with van der Waals surface area (Å²) >= 11 is 6.96. The Morgan fingerprint density at radius 2 is 2.03 bits per heavy atom. The van der Waals surface area contributed by atoms with Gasteiger partial charge in [0.15, 0.2) is 10.6 Å². The SMILES string of the molecule is Cc1cc(N2CCN(C(=O)CCn3c(-c4cccs4)n[nH]c3=S)CC2)nc(C)n1. The maximum absolute atomic E-state index is 12.8. The molecule has 8 nitrogen and oxygen atoms in total. The average Bonchev–Trinajstić information content (AvgIpc) is 3.35. The number of rotatable bonds is 5. The molecule has 0 bridgehead atoms. The van der Waals surface area contributed by atoms with Crippen LogP contribution in [0.3, 0.4) is 0 Å². The number of anilines is 1. The number of amides is 1. The third-order valence-electron chi connectivity index (χ3n) is 4.96. The number of aryl methyl sites for hydroxylation is 2. The van der Waals surface area contributed by atoms with Crippen molar-refractivity contribution in [3.05, 3.63) is 39.9 Å². The lowest BCUT2D eigenvalue weighted by molar-refractivity contribution is -0.131. The van der Waals surface area contributed by atoms with E-state index in [9.17, 15) is 4.79 Å². The zero-order valence-corrected chi connectivity index (χ0v) is 18.1. The molecular formula is C19H23N7OS2. The first kappa shape index (κ1) is 19.7. The Balaban J connectivity index is 1.35. The Labute approximate surface area is 178 Å². The van der Waals surface area contributed by atoms with Crippen molar-refractivity contribution in [3.63, 3.8) is 0 Å². The van der Waals surface area contributed by atoms with E-state index in [0.717, 1.165) is 41.1 Å². The van der Waals surface area contributed by atoms with Crippen LogP contribution in [-0.2, 0) is 11.3 Å². The highest BCUT2D eigenvalue weighted by Gasteiger charge is 2.22. The third kappa shape index (κ3) is 4.38. The molecule has 0 spiro atoms. The van der Waals surface area contributed by atoms with E-state index in [1.165, 1.54) is 0 Å². The molecule has 0 atom stereocenters. The van der Waals surface area contributed by atoms with Gasteiger partial charge in [-0.05, 0) is 37.5 Å². The van der Waals surface area contributed by atoms with E-state index in [4.69, 9.17) is 12.2 Å². The molecule has 1 aliphatic heterocycles. The fraction of sp³-hybridized carbons (Fsp3) is 0.421. The fourth-order valence-corrected chi connectivity index (χ4v) is 4.47. The van der Waals surface area contributed by atoms with E-state index in [1.807, 2.05) is 46.9 Å². The van der Waals surface area contributed by atoms with E-state index < -0.39 is 0 Å². The van der Waals surface area contributed by atoms with Gasteiger partial charge in [0, 0.05) is 50.9 Å². The number of nitrogens with zero attached hydrogens (tertiary/aromatic N) is 6. The quantitative estimate of drug-likeness (QED) is 0.628. The van der Waals surface area contributed by atoms with Gasteiger partial charge in [0.05, 0.1) is 4.88 Å². The largest absolute Gasteiger partial charge is 0.353 e. The van der Waals surface area contributed by atoms with Crippen LogP contribution in [0.5, 0.6) is 0 Å². The van der Waals surface area contributed by atoms with Crippen molar-refractivity contribution >= 4 is 35.3 Å². The molecule has 1 aliphatic rings. The van der Waals surface area contributed by atoms with Gasteiger partial charge >= 0.3 is 0 Å². The Kier molecular flexibility index (Phi) is 5.72. The lowest BCUT2D eigenvalue weighted by atomic mass is 10.2. The van der Waals surface area contributed by atoms with Crippen molar-refractivity contribution in [2.45, 2.75) is 26.8 Å². The summed E-state index contributed by atoms with van der Waals surface area (Å²) < 4.78 is 2.45. The van der Waals surface area contributed by atoms with Crippen molar-refractivity contribution in [2.75, 3.05) is 31.1 Å². The van der Waals surface area contributed by atoms with Crippen LogP contribution in [0.15, 0.2) is 23.6 Å². The Hall–Kier alpha value is -2.59. The predicted molar refractivity (Wildman–Crippen MR) is 116 cm³/mol. The maximum atomic E-state index is 12.8. The highest BCUT2D eigenvalue weighted by atomic mass is 32.1. The molecule has 29 heavy (non-hydrogen) atoms. The van der Waals surface area contributed by atoms with Crippen molar-refractivity contribution in [3.8, 4) is 10.7 Å². The highest BCUT2D eigenvalue weighted by Crippen LogP contribution is 2.23. The summed E-state index contributed by atoms with van der Waals surface area (Å²) in [6.07, 6.45) is 0.401. The zero-order valence-electron chi connectivity index (χ0n) is 16.5. The van der Waals surface area contributed by atoms with Gasteiger partial charge in [-0.25, -0.2) is 9.97 Å². The normalized spacial score (nSPS) is 14.4. The van der Waals surface area contributed by atoms with Crippen LogP contribution in [0.4, 0.5) is 5.82 Å². The molecule has 10 heteroatoms. The first-order valence-corrected chi connectivity index (χ1v) is 10.8. The molecule has 4 heterocycles. The Bertz CT molecular complexity index is 1030. The first-order chi connectivity index (χ1) is 14.0. The Morgan fingerprint density at radius 1 is 1.24 bits per heavy atom. The number of nitrogens with one attached hydrogen (secondary N) is 1. The van der Waals surface area contributed by atoms with Gasteiger partial charge < -0.3 is 9.80 Å². The van der Waals surface area contributed by atoms with Crippen LogP contribution in [-0.4, -0.2) is 61.7 Å². The van der Waals surface area contributed by atoms with Gasteiger partial charge in [-0.2, -0.15) is 5.10 Å². The molecule has 3 aromatic heterocycles. The number of hydrogen-bond donors (Lipinski definition) is 1. The van der Waals surface area contributed by atoms with Gasteiger partial charge in [-0.1, -0.05) is 6.07 Å². The van der Waals surface area contributed by atoms with Crippen LogP contribution in [0.2, 0.25) is 0 Å². The molecule has 1 saturated heterocycles. The van der Waals surface area contributed by atoms with E-state index in [1.54, 1.807) is 11.3 Å². The summed E-state index contributed by atoms with van der Waals surface area (Å²) in [5.74, 6) is 2.64. The highest BCUT2D eigenvalue weighted by molar-refractivity contribution is 7.71. The molecule has 0 radical (unpaired) electrons. The third-order valence-corrected chi connectivity index (χ3v) is 6.14. The zero-order chi connectivity index (χ0) is 20.4. The first-order valence-electron chi connectivity index (χ1n) is 9.55. The summed E-state index contributed by atoms with van der Waals surface area (Å²) in [5, 5.41) is 9.16. The number of aromatic nitrogens is 5. The standard InChI is InChI=1S/C19H23N7OS2/c1-13-12-16(21-14(2)20-13)24-7-9-25(10-8-24)17(27)5-6-26-18(22-23-19(26)28)15-4-3-11-29-15/h3-4,11-12H,5-10H2,1-2H3,(H,23,28). The van der Waals surface area contributed by atoms with E-state index in [0.29, 0.717) is 30.8 Å². The lowest BCUT2D eigenvalue weighted by Gasteiger charge is -2.35. The monoisotopic (exact) mass is 429 g/mol. The number of H-pyrrole nitrogens is 1. The fourth-order valence-electron chi connectivity index (χ4n) is 3.53. The smallest absolute Gasteiger partial charge is 0.224 e. The second-order valence-corrected chi connectivity index (χ2v) is 8.35. The van der Waals surface area contributed by atoms with Gasteiger partial charge in [0.2, 0.25) is 5.91 Å². The molecular weight excluding hydrogens is 406 g/mol. The van der Waals surface area contributed by atoms with E-state index in [-0.39, 0.29) is 5.91 Å². The van der Waals surface area contributed by atoms with Crippen LogP contribution in [0, 0.1) is 18.6 Å². The van der Waals surface area contributed by atoms with Crippen LogP contribution >= 0.6 is 23.6 Å². The summed E-state index contributed by atoms with van der Waals surface area (Å²) in [6.45, 7) is 7.32. The number of thiophene rings is 1. The number of carbonyl (C=O) groups excluding carboxylic acids is 1. The second kappa shape index (κ2) is 8.42. The molecule has 152 valence electrons. The molecule has 1 amide bonds. The number of carbonyl (C=O) groups is 1. The predicted octanol–water partition coefficient (Wildman–Crippen LogP) is 2.81. The van der Waals surface area contributed by atoms with Crippen molar-refractivity contribution in [2.24, 2.45) is 0 Å². The lowest BCUT2D eigenvalue weighted by Crippen LogP contribution is -2.49. The molecule has 0 unspecified atom stereocenters. The molecule has 1 fully saturated rings. The van der Waals surface area contributed by atoms with Gasteiger partial charge in [-0.3, -0.25) is 14.5 Å². The van der Waals surface area contributed by atoms with E-state index >= 15 is 0 Å². The van der Waals surface area contributed by atoms with Gasteiger partial charge in [0.25, 0.3) is 0 Å². The Morgan fingerprint density at radius 3 is 2.72 bits per heavy atom. The number of piperazine rings is 1. The van der Waals surface area contributed by atoms with Crippen molar-refractivity contribution in [1.29, 1.82) is 0 Å². The number of hydrogen-bond acceptors (Lipinski definition) is 7. The molecule has 0 aliphatic carbocycles. The van der Waals surface area contributed by atoms with Crippen LogP contribution in [0.1, 0.15) is 17.9 Å². The molecule has 0 saturated carbocycles. The summed E-state index contributed by atoms with van der Waals surface area (Å²) in [7, 11) is 0. The van der Waals surface area contributed by atoms with Gasteiger partial charge in [0.1, 0.15) is 11.6 Å². The minimum atomic E-state index is 0.139. The summed E-state index contributed by atoms with van der Waals surface area (Å²) in [6, 6.07) is 5.98. The molecule has 1 N–H and O–H groups in total. The minimum Gasteiger partial charge on any atom is -0.353 e. The van der Waals surface area contributed by atoms with E-state index in [2.05, 4.69) is 25.1 Å². The minimum absolute atomic E-state index is 0.139. The van der Waals surface area contributed by atoms with Crippen LogP contribution in [0.25, 0.3) is 10.7 Å².